The molecule has 0 aromatic carbocycles. The molecule has 0 spiro atoms. The highest BCUT2D eigenvalue weighted by Gasteiger charge is 2.04. The highest BCUT2D eigenvalue weighted by atomic mass is 32.1. The molecule has 15 heavy (non-hydrogen) atoms. The average Bonchev–Trinajstić information content (AvgIpc) is 2.27. The molecule has 0 aliphatic rings. The Morgan fingerprint density at radius 2 is 2.40 bits per heavy atom. The summed E-state index contributed by atoms with van der Waals surface area (Å²) in [5.41, 5.74) is 0.735. The van der Waals surface area contributed by atoms with Crippen molar-refractivity contribution in [2.75, 3.05) is 6.54 Å². The van der Waals surface area contributed by atoms with E-state index in [9.17, 15) is 4.79 Å². The molecule has 0 aliphatic carbocycles. The summed E-state index contributed by atoms with van der Waals surface area (Å²) in [5.74, 6) is 0. The number of nitrogens with one attached hydrogen (secondary N) is 2. The van der Waals surface area contributed by atoms with Crippen molar-refractivity contribution in [1.82, 2.24) is 15.6 Å². The monoisotopic (exact) mass is 223 g/mol. The van der Waals surface area contributed by atoms with Gasteiger partial charge in [-0.25, -0.2) is 4.79 Å². The SMILES string of the molecule is CCCNC(=O)NC(=S)c1cccnc1. The van der Waals surface area contributed by atoms with E-state index in [2.05, 4.69) is 15.6 Å². The molecular weight excluding hydrogens is 210 g/mol. The molecule has 0 saturated carbocycles. The lowest BCUT2D eigenvalue weighted by atomic mass is 10.3. The maximum atomic E-state index is 11.3. The Balaban J connectivity index is 2.46. The topological polar surface area (TPSA) is 54.0 Å². The number of thiocarbonyl (C=S) groups is 1. The predicted molar refractivity (Wildman–Crippen MR) is 62.8 cm³/mol. The Morgan fingerprint density at radius 1 is 1.60 bits per heavy atom. The summed E-state index contributed by atoms with van der Waals surface area (Å²) < 4.78 is 0. The number of carbonyl (C=O) groups is 1. The smallest absolute Gasteiger partial charge is 0.319 e. The van der Waals surface area contributed by atoms with Crippen LogP contribution in [-0.4, -0.2) is 22.5 Å². The van der Waals surface area contributed by atoms with Gasteiger partial charge in [0.15, 0.2) is 0 Å². The van der Waals surface area contributed by atoms with Gasteiger partial charge in [-0.15, -0.1) is 0 Å². The van der Waals surface area contributed by atoms with E-state index in [1.807, 2.05) is 6.92 Å². The second-order valence-corrected chi connectivity index (χ2v) is 3.36. The van der Waals surface area contributed by atoms with E-state index in [0.29, 0.717) is 11.5 Å². The molecule has 0 bridgehead atoms. The molecule has 0 radical (unpaired) electrons. The Morgan fingerprint density at radius 3 is 3.00 bits per heavy atom. The third kappa shape index (κ3) is 4.03. The van der Waals surface area contributed by atoms with Crippen molar-refractivity contribution in [1.29, 1.82) is 0 Å². The van der Waals surface area contributed by atoms with Gasteiger partial charge in [0.1, 0.15) is 4.99 Å². The van der Waals surface area contributed by atoms with Crippen LogP contribution in [0.1, 0.15) is 18.9 Å². The molecule has 0 saturated heterocycles. The number of carbonyl (C=O) groups excluding carboxylic acids is 1. The highest BCUT2D eigenvalue weighted by Crippen LogP contribution is 1.96. The minimum Gasteiger partial charge on any atom is -0.338 e. The van der Waals surface area contributed by atoms with Crippen molar-refractivity contribution < 1.29 is 4.79 Å². The van der Waals surface area contributed by atoms with E-state index >= 15 is 0 Å². The van der Waals surface area contributed by atoms with Crippen LogP contribution < -0.4 is 10.6 Å². The van der Waals surface area contributed by atoms with E-state index in [0.717, 1.165) is 12.0 Å². The molecule has 80 valence electrons. The van der Waals surface area contributed by atoms with Gasteiger partial charge in [0, 0.05) is 24.5 Å². The molecule has 0 fully saturated rings. The molecule has 5 heteroatoms. The fourth-order valence-corrected chi connectivity index (χ4v) is 1.17. The molecule has 2 amide bonds. The van der Waals surface area contributed by atoms with Crippen LogP contribution in [0.5, 0.6) is 0 Å². The Hall–Kier alpha value is -1.49. The molecule has 0 aliphatic heterocycles. The zero-order chi connectivity index (χ0) is 11.1. The number of hydrogen-bond acceptors (Lipinski definition) is 3. The first kappa shape index (κ1) is 11.6. The predicted octanol–water partition coefficient (Wildman–Crippen LogP) is 1.47. The standard InChI is InChI=1S/C10H13N3OS/c1-2-5-12-10(14)13-9(15)8-4-3-6-11-7-8/h3-4,6-7H,2,5H2,1H3,(H2,12,13,14,15). The number of urea groups is 1. The summed E-state index contributed by atoms with van der Waals surface area (Å²) in [6.45, 7) is 2.63. The van der Waals surface area contributed by atoms with Crippen molar-refractivity contribution in [2.24, 2.45) is 0 Å². The van der Waals surface area contributed by atoms with Crippen LogP contribution in [-0.2, 0) is 0 Å². The zero-order valence-electron chi connectivity index (χ0n) is 8.49. The van der Waals surface area contributed by atoms with Gasteiger partial charge in [0.05, 0.1) is 0 Å². The number of pyridine rings is 1. The first-order chi connectivity index (χ1) is 7.24. The third-order valence-electron chi connectivity index (χ3n) is 1.69. The van der Waals surface area contributed by atoms with Gasteiger partial charge in [-0.05, 0) is 18.6 Å². The molecule has 1 aromatic rings. The fraction of sp³-hybridized carbons (Fsp3) is 0.300. The van der Waals surface area contributed by atoms with Crippen LogP contribution in [0, 0.1) is 0 Å². The Bertz CT molecular complexity index is 340. The number of rotatable bonds is 3. The van der Waals surface area contributed by atoms with E-state index in [1.165, 1.54) is 0 Å². The van der Waals surface area contributed by atoms with Gasteiger partial charge < -0.3 is 5.32 Å². The zero-order valence-corrected chi connectivity index (χ0v) is 9.30. The number of hydrogen-bond donors (Lipinski definition) is 2. The minimum atomic E-state index is -0.272. The average molecular weight is 223 g/mol. The summed E-state index contributed by atoms with van der Waals surface area (Å²) in [5, 5.41) is 5.25. The molecule has 0 unspecified atom stereocenters. The van der Waals surface area contributed by atoms with Crippen molar-refractivity contribution in [3.8, 4) is 0 Å². The Kier molecular flexibility index (Phi) is 4.70. The van der Waals surface area contributed by atoms with E-state index in [1.54, 1.807) is 24.5 Å². The quantitative estimate of drug-likeness (QED) is 0.763. The van der Waals surface area contributed by atoms with E-state index < -0.39 is 0 Å². The summed E-state index contributed by atoms with van der Waals surface area (Å²) in [7, 11) is 0. The maximum Gasteiger partial charge on any atom is 0.319 e. The third-order valence-corrected chi connectivity index (χ3v) is 2.02. The van der Waals surface area contributed by atoms with Crippen LogP contribution in [0.15, 0.2) is 24.5 Å². The van der Waals surface area contributed by atoms with Crippen LogP contribution in [0.4, 0.5) is 4.79 Å². The number of amides is 2. The van der Waals surface area contributed by atoms with Crippen LogP contribution >= 0.6 is 12.2 Å². The molecule has 0 atom stereocenters. The maximum absolute atomic E-state index is 11.3. The van der Waals surface area contributed by atoms with Gasteiger partial charge in [0.2, 0.25) is 0 Å². The second-order valence-electron chi connectivity index (χ2n) is 2.95. The normalized spacial score (nSPS) is 9.40. The van der Waals surface area contributed by atoms with Crippen molar-refractivity contribution in [2.45, 2.75) is 13.3 Å². The molecule has 4 nitrogen and oxygen atoms in total. The van der Waals surface area contributed by atoms with Crippen LogP contribution in [0.3, 0.4) is 0 Å². The lowest BCUT2D eigenvalue weighted by Gasteiger charge is -2.07. The Labute approximate surface area is 94.1 Å². The fourth-order valence-electron chi connectivity index (χ4n) is 0.955. The summed E-state index contributed by atoms with van der Waals surface area (Å²) in [6, 6.07) is 3.30. The van der Waals surface area contributed by atoms with Gasteiger partial charge in [0.25, 0.3) is 0 Å². The minimum absolute atomic E-state index is 0.272. The summed E-state index contributed by atoms with van der Waals surface area (Å²) >= 11 is 5.04. The molecular formula is C10H13N3OS. The molecule has 1 heterocycles. The van der Waals surface area contributed by atoms with Crippen molar-refractivity contribution in [3.05, 3.63) is 30.1 Å². The highest BCUT2D eigenvalue weighted by molar-refractivity contribution is 7.80. The van der Waals surface area contributed by atoms with Crippen molar-refractivity contribution >= 4 is 23.2 Å². The molecule has 1 aromatic heterocycles. The van der Waals surface area contributed by atoms with Gasteiger partial charge >= 0.3 is 6.03 Å². The molecule has 1 rings (SSSR count). The second kappa shape index (κ2) is 6.08. The van der Waals surface area contributed by atoms with E-state index in [-0.39, 0.29) is 6.03 Å². The largest absolute Gasteiger partial charge is 0.338 e. The first-order valence-electron chi connectivity index (χ1n) is 4.73. The van der Waals surface area contributed by atoms with Crippen LogP contribution in [0.25, 0.3) is 0 Å². The van der Waals surface area contributed by atoms with Crippen molar-refractivity contribution in [3.63, 3.8) is 0 Å². The molecule has 2 N–H and O–H groups in total. The summed E-state index contributed by atoms with van der Waals surface area (Å²) in [6.07, 6.45) is 4.17. The van der Waals surface area contributed by atoms with Gasteiger partial charge in [-0.2, -0.15) is 0 Å². The van der Waals surface area contributed by atoms with Gasteiger partial charge in [-0.1, -0.05) is 19.1 Å². The van der Waals surface area contributed by atoms with E-state index in [4.69, 9.17) is 12.2 Å². The number of aromatic nitrogens is 1. The lowest BCUT2D eigenvalue weighted by molar-refractivity contribution is 0.245. The first-order valence-corrected chi connectivity index (χ1v) is 5.14. The van der Waals surface area contributed by atoms with Gasteiger partial charge in [-0.3, -0.25) is 10.3 Å². The lowest BCUT2D eigenvalue weighted by Crippen LogP contribution is -2.39. The summed E-state index contributed by atoms with van der Waals surface area (Å²) in [4.78, 5) is 15.6. The number of nitrogens with zero attached hydrogens (tertiary/aromatic N) is 1. The van der Waals surface area contributed by atoms with Crippen LogP contribution in [0.2, 0.25) is 0 Å².